The van der Waals surface area contributed by atoms with Gasteiger partial charge in [0.15, 0.2) is 0 Å². The average molecular weight is 251 g/mol. The Kier molecular flexibility index (Phi) is 4.36. The molecule has 1 aliphatic carbocycles. The third-order valence-electron chi connectivity index (χ3n) is 3.53. The second kappa shape index (κ2) is 6.00. The second-order valence-corrected chi connectivity index (χ2v) is 4.90. The van der Waals surface area contributed by atoms with Crippen molar-refractivity contribution in [1.29, 1.82) is 0 Å². The molecule has 1 aromatic heterocycles. The first-order chi connectivity index (χ1) is 8.69. The number of carbonyl (C=O) groups excluding carboxylic acids is 1. The van der Waals surface area contributed by atoms with Gasteiger partial charge in [-0.1, -0.05) is 12.8 Å². The van der Waals surface area contributed by atoms with Crippen LogP contribution < -0.4 is 0 Å². The van der Waals surface area contributed by atoms with Crippen molar-refractivity contribution >= 4 is 5.97 Å². The molecule has 18 heavy (non-hydrogen) atoms. The van der Waals surface area contributed by atoms with Crippen LogP contribution in [0, 0.1) is 0 Å². The van der Waals surface area contributed by atoms with Gasteiger partial charge in [-0.3, -0.25) is 14.4 Å². The quantitative estimate of drug-likeness (QED) is 0.741. The van der Waals surface area contributed by atoms with Crippen molar-refractivity contribution in [2.75, 3.05) is 13.7 Å². The molecule has 5 heteroatoms. The molecule has 0 spiro atoms. The standard InChI is InChI=1S/C13H21N3O2/c1-15-8-7-11(14-15)9-16(10-13(17)18-2)12-5-3-4-6-12/h7-8,12H,3-6,9-10H2,1-2H3. The number of esters is 1. The lowest BCUT2D eigenvalue weighted by molar-refractivity contribution is -0.142. The lowest BCUT2D eigenvalue weighted by atomic mass is 10.2. The Hall–Kier alpha value is -1.36. The van der Waals surface area contributed by atoms with Crippen LogP contribution in [0.2, 0.25) is 0 Å². The SMILES string of the molecule is COC(=O)CN(Cc1ccn(C)n1)C1CCCC1. The van der Waals surface area contributed by atoms with Gasteiger partial charge in [-0.05, 0) is 18.9 Å². The van der Waals surface area contributed by atoms with Crippen molar-refractivity contribution < 1.29 is 9.53 Å². The Morgan fingerprint density at radius 3 is 2.83 bits per heavy atom. The molecule has 1 aliphatic rings. The monoisotopic (exact) mass is 251 g/mol. The normalized spacial score (nSPS) is 16.4. The third kappa shape index (κ3) is 3.32. The number of rotatable bonds is 5. The molecule has 0 amide bonds. The predicted octanol–water partition coefficient (Wildman–Crippen LogP) is 1.34. The number of aromatic nitrogens is 2. The van der Waals surface area contributed by atoms with Crippen molar-refractivity contribution in [2.45, 2.75) is 38.3 Å². The van der Waals surface area contributed by atoms with Crippen molar-refractivity contribution in [1.82, 2.24) is 14.7 Å². The molecule has 0 bridgehead atoms. The number of nitrogens with zero attached hydrogens (tertiary/aromatic N) is 3. The second-order valence-electron chi connectivity index (χ2n) is 4.90. The smallest absolute Gasteiger partial charge is 0.319 e. The maximum Gasteiger partial charge on any atom is 0.319 e. The summed E-state index contributed by atoms with van der Waals surface area (Å²) in [5.41, 5.74) is 1.01. The first kappa shape index (κ1) is 13.1. The summed E-state index contributed by atoms with van der Waals surface area (Å²) in [6.45, 7) is 1.08. The van der Waals surface area contributed by atoms with Gasteiger partial charge in [-0.15, -0.1) is 0 Å². The van der Waals surface area contributed by atoms with Crippen LogP contribution in [0.4, 0.5) is 0 Å². The number of aryl methyl sites for hydroxylation is 1. The van der Waals surface area contributed by atoms with Crippen LogP contribution in [-0.4, -0.2) is 40.3 Å². The Bertz CT molecular complexity index is 397. The molecule has 0 unspecified atom stereocenters. The van der Waals surface area contributed by atoms with E-state index in [2.05, 4.69) is 10.00 Å². The van der Waals surface area contributed by atoms with Crippen LogP contribution in [0.3, 0.4) is 0 Å². The minimum absolute atomic E-state index is 0.169. The van der Waals surface area contributed by atoms with E-state index < -0.39 is 0 Å². The van der Waals surface area contributed by atoms with E-state index in [1.54, 1.807) is 4.68 Å². The van der Waals surface area contributed by atoms with Crippen molar-refractivity contribution in [3.05, 3.63) is 18.0 Å². The summed E-state index contributed by atoms with van der Waals surface area (Å²) in [6.07, 6.45) is 6.78. The van der Waals surface area contributed by atoms with E-state index in [-0.39, 0.29) is 5.97 Å². The Morgan fingerprint density at radius 2 is 2.28 bits per heavy atom. The molecule has 1 aromatic rings. The van der Waals surface area contributed by atoms with Crippen molar-refractivity contribution in [3.8, 4) is 0 Å². The largest absolute Gasteiger partial charge is 0.468 e. The number of hydrogen-bond donors (Lipinski definition) is 0. The molecule has 0 aromatic carbocycles. The molecule has 0 aliphatic heterocycles. The minimum Gasteiger partial charge on any atom is -0.468 e. The molecule has 0 saturated heterocycles. The van der Waals surface area contributed by atoms with Crippen LogP contribution in [0.25, 0.3) is 0 Å². The van der Waals surface area contributed by atoms with Gasteiger partial charge in [-0.2, -0.15) is 5.10 Å². The van der Waals surface area contributed by atoms with Gasteiger partial charge in [0.05, 0.1) is 19.3 Å². The molecule has 1 fully saturated rings. The molecule has 0 N–H and O–H groups in total. The number of carbonyl (C=O) groups is 1. The molecular weight excluding hydrogens is 230 g/mol. The van der Waals surface area contributed by atoms with Crippen LogP contribution >= 0.6 is 0 Å². The fourth-order valence-electron chi connectivity index (χ4n) is 2.57. The van der Waals surface area contributed by atoms with Crippen LogP contribution in [-0.2, 0) is 23.1 Å². The lowest BCUT2D eigenvalue weighted by Crippen LogP contribution is -2.37. The van der Waals surface area contributed by atoms with E-state index in [0.29, 0.717) is 12.6 Å². The van der Waals surface area contributed by atoms with E-state index in [9.17, 15) is 4.79 Å². The minimum atomic E-state index is -0.169. The van der Waals surface area contributed by atoms with Crippen molar-refractivity contribution in [3.63, 3.8) is 0 Å². The highest BCUT2D eigenvalue weighted by atomic mass is 16.5. The molecule has 0 radical (unpaired) electrons. The third-order valence-corrected chi connectivity index (χ3v) is 3.53. The number of hydrogen-bond acceptors (Lipinski definition) is 4. The molecule has 2 rings (SSSR count). The Labute approximate surface area is 108 Å². The van der Waals surface area contributed by atoms with E-state index in [4.69, 9.17) is 4.74 Å². The first-order valence-electron chi connectivity index (χ1n) is 6.48. The average Bonchev–Trinajstić information content (AvgIpc) is 2.99. The molecular formula is C13H21N3O2. The lowest BCUT2D eigenvalue weighted by Gasteiger charge is -2.26. The van der Waals surface area contributed by atoms with Crippen molar-refractivity contribution in [2.24, 2.45) is 7.05 Å². The maximum absolute atomic E-state index is 11.5. The Balaban J connectivity index is 2.01. The molecule has 1 heterocycles. The predicted molar refractivity (Wildman–Crippen MR) is 67.9 cm³/mol. The summed E-state index contributed by atoms with van der Waals surface area (Å²) in [7, 11) is 3.35. The van der Waals surface area contributed by atoms with Crippen LogP contribution in [0.5, 0.6) is 0 Å². The summed E-state index contributed by atoms with van der Waals surface area (Å²) in [6, 6.07) is 2.49. The highest BCUT2D eigenvalue weighted by Crippen LogP contribution is 2.24. The summed E-state index contributed by atoms with van der Waals surface area (Å²) in [5, 5.41) is 4.38. The van der Waals surface area contributed by atoms with E-state index in [1.807, 2.05) is 19.3 Å². The molecule has 100 valence electrons. The molecule has 1 saturated carbocycles. The summed E-state index contributed by atoms with van der Waals surface area (Å²) in [4.78, 5) is 13.7. The Morgan fingerprint density at radius 1 is 1.56 bits per heavy atom. The van der Waals surface area contributed by atoms with Crippen LogP contribution in [0.1, 0.15) is 31.4 Å². The van der Waals surface area contributed by atoms with Crippen LogP contribution in [0.15, 0.2) is 12.3 Å². The van der Waals surface area contributed by atoms with E-state index in [0.717, 1.165) is 12.2 Å². The fourth-order valence-corrected chi connectivity index (χ4v) is 2.57. The highest BCUT2D eigenvalue weighted by molar-refractivity contribution is 5.71. The van der Waals surface area contributed by atoms with E-state index in [1.165, 1.54) is 32.8 Å². The van der Waals surface area contributed by atoms with Gasteiger partial charge in [-0.25, -0.2) is 0 Å². The molecule has 5 nitrogen and oxygen atoms in total. The maximum atomic E-state index is 11.5. The summed E-state index contributed by atoms with van der Waals surface area (Å²) < 4.78 is 6.57. The summed E-state index contributed by atoms with van der Waals surface area (Å²) in [5.74, 6) is -0.169. The van der Waals surface area contributed by atoms with E-state index >= 15 is 0 Å². The zero-order valence-corrected chi connectivity index (χ0v) is 11.1. The first-order valence-corrected chi connectivity index (χ1v) is 6.48. The zero-order chi connectivity index (χ0) is 13.0. The zero-order valence-electron chi connectivity index (χ0n) is 11.1. The van der Waals surface area contributed by atoms with Gasteiger partial charge in [0, 0.05) is 25.8 Å². The summed E-state index contributed by atoms with van der Waals surface area (Å²) >= 11 is 0. The van der Waals surface area contributed by atoms with Gasteiger partial charge >= 0.3 is 5.97 Å². The van der Waals surface area contributed by atoms with Gasteiger partial charge in [0.25, 0.3) is 0 Å². The topological polar surface area (TPSA) is 47.4 Å². The number of methoxy groups -OCH3 is 1. The van der Waals surface area contributed by atoms with Gasteiger partial charge < -0.3 is 4.74 Å². The number of ether oxygens (including phenoxy) is 1. The molecule has 0 atom stereocenters. The van der Waals surface area contributed by atoms with Gasteiger partial charge in [0.1, 0.15) is 0 Å². The fraction of sp³-hybridized carbons (Fsp3) is 0.692. The van der Waals surface area contributed by atoms with Gasteiger partial charge in [0.2, 0.25) is 0 Å². The highest BCUT2D eigenvalue weighted by Gasteiger charge is 2.25.